The van der Waals surface area contributed by atoms with Gasteiger partial charge in [0.15, 0.2) is 0 Å². The molecule has 1 N–H and O–H groups in total. The van der Waals surface area contributed by atoms with Gasteiger partial charge in [-0.3, -0.25) is 9.69 Å². The molecule has 1 aliphatic heterocycles. The molecule has 0 bridgehead atoms. The lowest BCUT2D eigenvalue weighted by Crippen LogP contribution is -2.48. The van der Waals surface area contributed by atoms with Crippen molar-refractivity contribution in [1.29, 1.82) is 0 Å². The SMILES string of the molecule is Cc1nc(CC(C)C)sc1C(=O)NCCN1CCN(c2ccc(F)cc2)CC1. The van der Waals surface area contributed by atoms with E-state index in [9.17, 15) is 9.18 Å². The van der Waals surface area contributed by atoms with Gasteiger partial charge < -0.3 is 10.2 Å². The second-order valence-corrected chi connectivity index (χ2v) is 8.76. The average molecular weight is 405 g/mol. The Kier molecular flexibility index (Phi) is 7.02. The quantitative estimate of drug-likeness (QED) is 0.769. The number of nitrogens with zero attached hydrogens (tertiary/aromatic N) is 3. The molecule has 0 aliphatic carbocycles. The molecule has 28 heavy (non-hydrogen) atoms. The topological polar surface area (TPSA) is 48.5 Å². The van der Waals surface area contributed by atoms with Crippen LogP contribution in [0.25, 0.3) is 0 Å². The van der Waals surface area contributed by atoms with Crippen molar-refractivity contribution < 1.29 is 9.18 Å². The third-order valence-electron chi connectivity index (χ3n) is 4.91. The molecule has 0 spiro atoms. The van der Waals surface area contributed by atoms with Gasteiger partial charge in [-0.2, -0.15) is 0 Å². The van der Waals surface area contributed by atoms with Crippen LogP contribution in [0.4, 0.5) is 10.1 Å². The van der Waals surface area contributed by atoms with Gasteiger partial charge in [0.2, 0.25) is 0 Å². The van der Waals surface area contributed by atoms with Gasteiger partial charge in [0.25, 0.3) is 5.91 Å². The lowest BCUT2D eigenvalue weighted by atomic mass is 10.1. The molecule has 1 saturated heterocycles. The van der Waals surface area contributed by atoms with Crippen molar-refractivity contribution in [2.24, 2.45) is 5.92 Å². The van der Waals surface area contributed by atoms with E-state index < -0.39 is 0 Å². The normalized spacial score (nSPS) is 15.2. The van der Waals surface area contributed by atoms with Crippen molar-refractivity contribution in [1.82, 2.24) is 15.2 Å². The molecule has 0 saturated carbocycles. The number of carbonyl (C=O) groups excluding carboxylic acids is 1. The minimum absolute atomic E-state index is 0.0186. The van der Waals surface area contributed by atoms with Gasteiger partial charge in [0, 0.05) is 51.4 Å². The minimum atomic E-state index is -0.203. The number of carbonyl (C=O) groups is 1. The number of hydrogen-bond donors (Lipinski definition) is 1. The number of anilines is 1. The summed E-state index contributed by atoms with van der Waals surface area (Å²) in [5.41, 5.74) is 1.89. The maximum atomic E-state index is 13.1. The van der Waals surface area contributed by atoms with E-state index in [1.807, 2.05) is 19.1 Å². The third kappa shape index (κ3) is 5.52. The van der Waals surface area contributed by atoms with Crippen LogP contribution < -0.4 is 10.2 Å². The van der Waals surface area contributed by atoms with Gasteiger partial charge in [-0.05, 0) is 37.1 Å². The zero-order valence-electron chi connectivity index (χ0n) is 16.9. The first-order chi connectivity index (χ1) is 13.4. The Balaban J connectivity index is 1.41. The highest BCUT2D eigenvalue weighted by molar-refractivity contribution is 7.13. The largest absolute Gasteiger partial charge is 0.369 e. The summed E-state index contributed by atoms with van der Waals surface area (Å²) in [6.07, 6.45) is 0.914. The lowest BCUT2D eigenvalue weighted by molar-refractivity contribution is 0.0951. The van der Waals surface area contributed by atoms with Crippen molar-refractivity contribution >= 4 is 22.9 Å². The molecule has 3 rings (SSSR count). The fraction of sp³-hybridized carbons (Fsp3) is 0.524. The molecule has 2 heterocycles. The molecule has 1 aromatic carbocycles. The summed E-state index contributed by atoms with van der Waals surface area (Å²) in [6, 6.07) is 6.67. The van der Waals surface area contributed by atoms with E-state index in [1.54, 1.807) is 0 Å². The zero-order chi connectivity index (χ0) is 20.1. The highest BCUT2D eigenvalue weighted by atomic mass is 32.1. The fourth-order valence-electron chi connectivity index (χ4n) is 3.39. The van der Waals surface area contributed by atoms with E-state index in [4.69, 9.17) is 0 Å². The van der Waals surface area contributed by atoms with E-state index in [-0.39, 0.29) is 11.7 Å². The van der Waals surface area contributed by atoms with Crippen LogP contribution in [-0.2, 0) is 6.42 Å². The summed E-state index contributed by atoms with van der Waals surface area (Å²) in [4.78, 5) is 22.4. The fourth-order valence-corrected chi connectivity index (χ4v) is 4.58. The molecule has 1 amide bonds. The van der Waals surface area contributed by atoms with Crippen LogP contribution in [0.1, 0.15) is 34.2 Å². The number of benzene rings is 1. The summed E-state index contributed by atoms with van der Waals surface area (Å²) >= 11 is 1.51. The Hall–Kier alpha value is -1.99. The minimum Gasteiger partial charge on any atom is -0.369 e. The molecule has 1 aliphatic rings. The maximum absolute atomic E-state index is 13.1. The predicted molar refractivity (Wildman–Crippen MR) is 113 cm³/mol. The Morgan fingerprint density at radius 3 is 2.54 bits per heavy atom. The van der Waals surface area contributed by atoms with Gasteiger partial charge in [0.05, 0.1) is 10.7 Å². The molecular formula is C21H29FN4OS. The first-order valence-electron chi connectivity index (χ1n) is 9.89. The molecule has 7 heteroatoms. The molecule has 152 valence electrons. The second kappa shape index (κ2) is 9.47. The number of nitrogens with one attached hydrogen (secondary N) is 1. The molecule has 0 atom stereocenters. The van der Waals surface area contributed by atoms with E-state index in [0.29, 0.717) is 12.5 Å². The van der Waals surface area contributed by atoms with Crippen molar-refractivity contribution in [2.75, 3.05) is 44.2 Å². The smallest absolute Gasteiger partial charge is 0.263 e. The van der Waals surface area contributed by atoms with Gasteiger partial charge in [0.1, 0.15) is 10.7 Å². The van der Waals surface area contributed by atoms with Crippen LogP contribution in [0.3, 0.4) is 0 Å². The third-order valence-corrected chi connectivity index (χ3v) is 6.09. The number of aryl methyl sites for hydroxylation is 1. The van der Waals surface area contributed by atoms with E-state index in [1.165, 1.54) is 23.5 Å². The highest BCUT2D eigenvalue weighted by Crippen LogP contribution is 2.21. The molecule has 0 unspecified atom stereocenters. The van der Waals surface area contributed by atoms with Gasteiger partial charge in [-0.15, -0.1) is 11.3 Å². The van der Waals surface area contributed by atoms with Crippen molar-refractivity contribution in [3.63, 3.8) is 0 Å². The summed E-state index contributed by atoms with van der Waals surface area (Å²) in [6.45, 7) is 11.4. The number of thiazole rings is 1. The van der Waals surface area contributed by atoms with Crippen LogP contribution in [0, 0.1) is 18.7 Å². The Morgan fingerprint density at radius 2 is 1.89 bits per heavy atom. The standard InChI is InChI=1S/C21H29FN4OS/c1-15(2)14-19-24-16(3)20(28-19)21(27)23-8-9-25-10-12-26(13-11-25)18-6-4-17(22)5-7-18/h4-7,15H,8-14H2,1-3H3,(H,23,27). The zero-order valence-corrected chi connectivity index (χ0v) is 17.7. The molecule has 2 aromatic rings. The number of piperazine rings is 1. The van der Waals surface area contributed by atoms with E-state index in [0.717, 1.165) is 60.4 Å². The van der Waals surface area contributed by atoms with Gasteiger partial charge >= 0.3 is 0 Å². The molecule has 5 nitrogen and oxygen atoms in total. The van der Waals surface area contributed by atoms with Crippen LogP contribution in [0.5, 0.6) is 0 Å². The number of rotatable bonds is 7. The van der Waals surface area contributed by atoms with Crippen LogP contribution in [0.15, 0.2) is 24.3 Å². The monoisotopic (exact) mass is 404 g/mol. The Labute approximate surface area is 170 Å². The molecular weight excluding hydrogens is 375 g/mol. The van der Waals surface area contributed by atoms with Crippen molar-refractivity contribution in [3.8, 4) is 0 Å². The van der Waals surface area contributed by atoms with Crippen LogP contribution >= 0.6 is 11.3 Å². The van der Waals surface area contributed by atoms with Crippen LogP contribution in [0.2, 0.25) is 0 Å². The van der Waals surface area contributed by atoms with Gasteiger partial charge in [-0.1, -0.05) is 13.8 Å². The maximum Gasteiger partial charge on any atom is 0.263 e. The predicted octanol–water partition coefficient (Wildman–Crippen LogP) is 3.34. The molecule has 0 radical (unpaired) electrons. The first-order valence-corrected chi connectivity index (χ1v) is 10.7. The summed E-state index contributed by atoms with van der Waals surface area (Å²) in [5.74, 6) is 0.315. The summed E-state index contributed by atoms with van der Waals surface area (Å²) in [7, 11) is 0. The molecule has 1 fully saturated rings. The Bertz CT molecular complexity index is 782. The van der Waals surface area contributed by atoms with Crippen LogP contribution in [-0.4, -0.2) is 55.1 Å². The van der Waals surface area contributed by atoms with E-state index in [2.05, 4.69) is 33.9 Å². The number of halogens is 1. The van der Waals surface area contributed by atoms with Gasteiger partial charge in [-0.25, -0.2) is 9.37 Å². The highest BCUT2D eigenvalue weighted by Gasteiger charge is 2.19. The van der Waals surface area contributed by atoms with E-state index >= 15 is 0 Å². The summed E-state index contributed by atoms with van der Waals surface area (Å²) < 4.78 is 13.1. The summed E-state index contributed by atoms with van der Waals surface area (Å²) in [5, 5.41) is 4.07. The van der Waals surface area contributed by atoms with Crippen molar-refractivity contribution in [3.05, 3.63) is 45.7 Å². The average Bonchev–Trinajstić information content (AvgIpc) is 3.02. The second-order valence-electron chi connectivity index (χ2n) is 7.68. The number of hydrogen-bond acceptors (Lipinski definition) is 5. The number of amides is 1. The Morgan fingerprint density at radius 1 is 1.21 bits per heavy atom. The molecule has 1 aromatic heterocycles. The first kappa shape index (κ1) is 20.7. The number of aromatic nitrogens is 1. The van der Waals surface area contributed by atoms with Crippen molar-refractivity contribution in [2.45, 2.75) is 27.2 Å². The lowest BCUT2D eigenvalue weighted by Gasteiger charge is -2.36.